The lowest BCUT2D eigenvalue weighted by atomic mass is 10.1. The first kappa shape index (κ1) is 15.6. The van der Waals surface area contributed by atoms with Gasteiger partial charge in [-0.2, -0.15) is 0 Å². The molecule has 0 unspecified atom stereocenters. The first-order chi connectivity index (χ1) is 11.0. The predicted molar refractivity (Wildman–Crippen MR) is 96.2 cm³/mol. The van der Waals surface area contributed by atoms with E-state index in [0.717, 1.165) is 16.0 Å². The zero-order chi connectivity index (χ0) is 16.4. The van der Waals surface area contributed by atoms with Gasteiger partial charge >= 0.3 is 0 Å². The van der Waals surface area contributed by atoms with Gasteiger partial charge in [-0.3, -0.25) is 4.72 Å². The SMILES string of the molecule is Cc1ccc(-c2cccs2)cc1NS(=O)(=O)c1ccc(N)cc1. The Labute approximate surface area is 139 Å². The molecule has 118 valence electrons. The number of thiophene rings is 1. The Morgan fingerprint density at radius 3 is 2.43 bits per heavy atom. The van der Waals surface area contributed by atoms with Crippen molar-refractivity contribution in [1.82, 2.24) is 0 Å². The van der Waals surface area contributed by atoms with E-state index in [1.54, 1.807) is 23.5 Å². The minimum Gasteiger partial charge on any atom is -0.399 e. The Kier molecular flexibility index (Phi) is 4.11. The summed E-state index contributed by atoms with van der Waals surface area (Å²) in [6, 6.07) is 15.9. The highest BCUT2D eigenvalue weighted by molar-refractivity contribution is 7.92. The van der Waals surface area contributed by atoms with E-state index in [-0.39, 0.29) is 4.90 Å². The summed E-state index contributed by atoms with van der Waals surface area (Å²) in [7, 11) is -3.64. The maximum absolute atomic E-state index is 12.5. The largest absolute Gasteiger partial charge is 0.399 e. The molecule has 0 aliphatic carbocycles. The number of nitrogens with two attached hydrogens (primary N) is 1. The normalized spacial score (nSPS) is 11.3. The first-order valence-corrected chi connectivity index (χ1v) is 9.35. The number of hydrogen-bond acceptors (Lipinski definition) is 4. The van der Waals surface area contributed by atoms with Crippen molar-refractivity contribution < 1.29 is 8.42 Å². The van der Waals surface area contributed by atoms with Gasteiger partial charge in [0.15, 0.2) is 0 Å². The van der Waals surface area contributed by atoms with Crippen LogP contribution in [0.2, 0.25) is 0 Å². The van der Waals surface area contributed by atoms with E-state index in [2.05, 4.69) is 4.72 Å². The Morgan fingerprint density at radius 1 is 1.04 bits per heavy atom. The molecule has 3 rings (SSSR count). The van der Waals surface area contributed by atoms with Gasteiger partial charge in [0.2, 0.25) is 0 Å². The number of nitrogens with one attached hydrogen (secondary N) is 1. The van der Waals surface area contributed by atoms with E-state index in [4.69, 9.17) is 5.73 Å². The zero-order valence-electron chi connectivity index (χ0n) is 12.5. The van der Waals surface area contributed by atoms with Gasteiger partial charge in [0, 0.05) is 10.6 Å². The van der Waals surface area contributed by atoms with E-state index in [1.807, 2.05) is 42.6 Å². The molecule has 0 atom stereocenters. The fourth-order valence-electron chi connectivity index (χ4n) is 2.18. The molecule has 2 aromatic carbocycles. The average molecular weight is 344 g/mol. The number of aryl methyl sites for hydroxylation is 1. The van der Waals surface area contributed by atoms with E-state index in [0.29, 0.717) is 11.4 Å². The lowest BCUT2D eigenvalue weighted by molar-refractivity contribution is 0.601. The van der Waals surface area contributed by atoms with Crippen molar-refractivity contribution in [3.63, 3.8) is 0 Å². The number of rotatable bonds is 4. The second-order valence-electron chi connectivity index (χ2n) is 5.18. The summed E-state index contributed by atoms with van der Waals surface area (Å²) in [6.45, 7) is 1.87. The Hall–Kier alpha value is -2.31. The first-order valence-electron chi connectivity index (χ1n) is 6.98. The molecule has 3 aromatic rings. The maximum atomic E-state index is 12.5. The topological polar surface area (TPSA) is 72.2 Å². The molecule has 0 aliphatic heterocycles. The molecule has 3 N–H and O–H groups in total. The summed E-state index contributed by atoms with van der Waals surface area (Å²) in [6.07, 6.45) is 0. The third kappa shape index (κ3) is 3.38. The number of anilines is 2. The molecule has 0 fully saturated rings. The van der Waals surface area contributed by atoms with E-state index >= 15 is 0 Å². The molecule has 6 heteroatoms. The smallest absolute Gasteiger partial charge is 0.261 e. The zero-order valence-corrected chi connectivity index (χ0v) is 14.1. The van der Waals surface area contributed by atoms with Crippen LogP contribution in [-0.2, 0) is 10.0 Å². The standard InChI is InChI=1S/C17H16N2O2S2/c1-12-4-5-13(17-3-2-10-22-17)11-16(12)19-23(20,21)15-8-6-14(18)7-9-15/h2-11,19H,18H2,1H3. The monoisotopic (exact) mass is 344 g/mol. The third-order valence-corrected chi connectivity index (χ3v) is 5.78. The fourth-order valence-corrected chi connectivity index (χ4v) is 4.02. The quantitative estimate of drug-likeness (QED) is 0.700. The molecule has 0 aliphatic rings. The summed E-state index contributed by atoms with van der Waals surface area (Å²) in [4.78, 5) is 1.28. The Morgan fingerprint density at radius 2 is 1.78 bits per heavy atom. The minimum atomic E-state index is -3.64. The van der Waals surface area contributed by atoms with Crippen LogP contribution in [-0.4, -0.2) is 8.42 Å². The van der Waals surface area contributed by atoms with Crippen molar-refractivity contribution in [2.75, 3.05) is 10.5 Å². The lowest BCUT2D eigenvalue weighted by Crippen LogP contribution is -2.13. The highest BCUT2D eigenvalue weighted by Crippen LogP contribution is 2.30. The average Bonchev–Trinajstić information content (AvgIpc) is 3.04. The van der Waals surface area contributed by atoms with Crippen molar-refractivity contribution >= 4 is 32.7 Å². The van der Waals surface area contributed by atoms with Gasteiger partial charge < -0.3 is 5.73 Å². The van der Waals surface area contributed by atoms with Crippen LogP contribution < -0.4 is 10.5 Å². The van der Waals surface area contributed by atoms with Crippen molar-refractivity contribution in [2.45, 2.75) is 11.8 Å². The van der Waals surface area contributed by atoms with Gasteiger partial charge in [0.05, 0.1) is 10.6 Å². The number of nitrogen functional groups attached to an aromatic ring is 1. The van der Waals surface area contributed by atoms with Gasteiger partial charge in [0.25, 0.3) is 10.0 Å². The van der Waals surface area contributed by atoms with E-state index in [9.17, 15) is 8.42 Å². The second-order valence-corrected chi connectivity index (χ2v) is 7.81. The van der Waals surface area contributed by atoms with Crippen molar-refractivity contribution in [3.05, 3.63) is 65.5 Å². The Bertz CT molecular complexity index is 916. The van der Waals surface area contributed by atoms with Crippen molar-refractivity contribution in [2.24, 2.45) is 0 Å². The van der Waals surface area contributed by atoms with Crippen LogP contribution in [0.1, 0.15) is 5.56 Å². The molecule has 0 radical (unpaired) electrons. The lowest BCUT2D eigenvalue weighted by Gasteiger charge is -2.12. The van der Waals surface area contributed by atoms with Crippen LogP contribution in [0.4, 0.5) is 11.4 Å². The van der Waals surface area contributed by atoms with Crippen molar-refractivity contribution in [3.8, 4) is 10.4 Å². The molecular weight excluding hydrogens is 328 g/mol. The van der Waals surface area contributed by atoms with Crippen LogP contribution in [0.25, 0.3) is 10.4 Å². The molecular formula is C17H16N2O2S2. The maximum Gasteiger partial charge on any atom is 0.261 e. The summed E-state index contributed by atoms with van der Waals surface area (Å²) in [5, 5.41) is 1.99. The van der Waals surface area contributed by atoms with Crippen LogP contribution in [0, 0.1) is 6.92 Å². The Balaban J connectivity index is 1.96. The molecule has 4 nitrogen and oxygen atoms in total. The van der Waals surface area contributed by atoms with Gasteiger partial charge in [-0.25, -0.2) is 8.42 Å². The summed E-state index contributed by atoms with van der Waals surface area (Å²) in [5.41, 5.74) is 8.56. The second kappa shape index (κ2) is 6.06. The molecule has 0 amide bonds. The summed E-state index contributed by atoms with van der Waals surface area (Å²) < 4.78 is 27.7. The van der Waals surface area contributed by atoms with Crippen LogP contribution in [0.15, 0.2) is 64.9 Å². The molecule has 0 spiro atoms. The molecule has 1 aromatic heterocycles. The van der Waals surface area contributed by atoms with Gasteiger partial charge in [-0.15, -0.1) is 11.3 Å². The van der Waals surface area contributed by atoms with E-state index < -0.39 is 10.0 Å². The number of hydrogen-bond donors (Lipinski definition) is 2. The highest BCUT2D eigenvalue weighted by Gasteiger charge is 2.15. The number of sulfonamides is 1. The van der Waals surface area contributed by atoms with Gasteiger partial charge in [-0.05, 0) is 59.8 Å². The predicted octanol–water partition coefficient (Wildman–Crippen LogP) is 4.11. The summed E-state index contributed by atoms with van der Waals surface area (Å²) in [5.74, 6) is 0. The van der Waals surface area contributed by atoms with Gasteiger partial charge in [-0.1, -0.05) is 18.2 Å². The molecule has 23 heavy (non-hydrogen) atoms. The third-order valence-electron chi connectivity index (χ3n) is 3.48. The minimum absolute atomic E-state index is 0.188. The van der Waals surface area contributed by atoms with Crippen LogP contribution in [0.3, 0.4) is 0 Å². The van der Waals surface area contributed by atoms with E-state index in [1.165, 1.54) is 12.1 Å². The fraction of sp³-hybridized carbons (Fsp3) is 0.0588. The highest BCUT2D eigenvalue weighted by atomic mass is 32.2. The molecule has 0 saturated heterocycles. The molecule has 0 bridgehead atoms. The van der Waals surface area contributed by atoms with Crippen molar-refractivity contribution in [1.29, 1.82) is 0 Å². The van der Waals surface area contributed by atoms with Crippen LogP contribution in [0.5, 0.6) is 0 Å². The molecule has 0 saturated carbocycles. The number of benzene rings is 2. The molecule has 1 heterocycles. The summed E-state index contributed by atoms with van der Waals surface area (Å²) >= 11 is 1.62. The van der Waals surface area contributed by atoms with Gasteiger partial charge in [0.1, 0.15) is 0 Å². The van der Waals surface area contributed by atoms with Crippen LogP contribution >= 0.6 is 11.3 Å².